The molecular formula is C8H10ClFN2O. The normalized spacial score (nSPS) is 11.5. The van der Waals surface area contributed by atoms with Gasteiger partial charge in [0.05, 0.1) is 0 Å². The van der Waals surface area contributed by atoms with E-state index in [4.69, 9.17) is 5.73 Å². The molecule has 0 saturated heterocycles. The standard InChI is InChI=1S/C8H9FN2O.ClH/c9-11-7(8(10)12)6-4-2-1-3-5-6;/h1-5,7,11H,(H2,10,12);1H. The first-order chi connectivity index (χ1) is 5.75. The molecule has 1 aromatic rings. The molecule has 1 amide bonds. The summed E-state index contributed by atoms with van der Waals surface area (Å²) in [5.41, 5.74) is 6.80. The van der Waals surface area contributed by atoms with Gasteiger partial charge in [-0.2, -0.15) is 0 Å². The Labute approximate surface area is 81.5 Å². The Bertz CT molecular complexity index is 268. The molecular weight excluding hydrogens is 195 g/mol. The van der Waals surface area contributed by atoms with Gasteiger partial charge in [-0.3, -0.25) is 4.79 Å². The molecule has 0 aliphatic heterocycles. The third kappa shape index (κ3) is 3.01. The second-order valence-electron chi connectivity index (χ2n) is 2.36. The summed E-state index contributed by atoms with van der Waals surface area (Å²) in [6, 6.07) is 7.40. The Kier molecular flexibility index (Phi) is 5.03. The fourth-order valence-corrected chi connectivity index (χ4v) is 0.927. The predicted octanol–water partition coefficient (Wildman–Crippen LogP) is 1.11. The van der Waals surface area contributed by atoms with Crippen LogP contribution in [0.5, 0.6) is 0 Å². The number of primary amides is 1. The minimum absolute atomic E-state index is 0. The van der Waals surface area contributed by atoms with E-state index >= 15 is 0 Å². The van der Waals surface area contributed by atoms with Crippen LogP contribution in [0.1, 0.15) is 11.6 Å². The summed E-state index contributed by atoms with van der Waals surface area (Å²) < 4.78 is 12.0. The van der Waals surface area contributed by atoms with Gasteiger partial charge in [-0.25, -0.2) is 0 Å². The SMILES string of the molecule is Cl.NC(=O)C(NF)c1ccccc1. The maximum absolute atomic E-state index is 12.0. The van der Waals surface area contributed by atoms with Crippen LogP contribution in [0.2, 0.25) is 0 Å². The molecule has 1 rings (SSSR count). The van der Waals surface area contributed by atoms with E-state index in [2.05, 4.69) is 0 Å². The molecule has 72 valence electrons. The summed E-state index contributed by atoms with van der Waals surface area (Å²) in [5, 5.41) is 0. The predicted molar refractivity (Wildman–Crippen MR) is 49.9 cm³/mol. The highest BCUT2D eigenvalue weighted by atomic mass is 35.5. The average molecular weight is 205 g/mol. The zero-order valence-electron chi connectivity index (χ0n) is 6.74. The number of rotatable bonds is 3. The number of carbonyl (C=O) groups excluding carboxylic acids is 1. The van der Waals surface area contributed by atoms with Crippen LogP contribution in [0, 0.1) is 0 Å². The molecule has 1 atom stereocenters. The third-order valence-corrected chi connectivity index (χ3v) is 1.53. The number of nitrogens with one attached hydrogen (secondary N) is 1. The third-order valence-electron chi connectivity index (χ3n) is 1.53. The van der Waals surface area contributed by atoms with E-state index < -0.39 is 11.9 Å². The van der Waals surface area contributed by atoms with E-state index in [0.717, 1.165) is 0 Å². The summed E-state index contributed by atoms with van der Waals surface area (Å²) in [4.78, 5) is 10.7. The minimum Gasteiger partial charge on any atom is -0.368 e. The number of carbonyl (C=O) groups is 1. The molecule has 0 radical (unpaired) electrons. The molecule has 1 unspecified atom stereocenters. The molecule has 13 heavy (non-hydrogen) atoms. The van der Waals surface area contributed by atoms with Gasteiger partial charge in [0.15, 0.2) is 0 Å². The number of benzene rings is 1. The highest BCUT2D eigenvalue weighted by Crippen LogP contribution is 2.11. The quantitative estimate of drug-likeness (QED) is 0.725. The molecule has 0 fully saturated rings. The highest BCUT2D eigenvalue weighted by Gasteiger charge is 2.15. The van der Waals surface area contributed by atoms with Gasteiger partial charge in [0.2, 0.25) is 5.91 Å². The molecule has 3 N–H and O–H groups in total. The first-order valence-electron chi connectivity index (χ1n) is 3.46. The van der Waals surface area contributed by atoms with Crippen molar-refractivity contribution in [1.82, 2.24) is 5.54 Å². The number of halogens is 2. The second-order valence-corrected chi connectivity index (χ2v) is 2.36. The van der Waals surface area contributed by atoms with Crippen LogP contribution in [-0.2, 0) is 4.79 Å². The zero-order valence-corrected chi connectivity index (χ0v) is 7.55. The van der Waals surface area contributed by atoms with E-state index in [1.54, 1.807) is 30.3 Å². The fraction of sp³-hybridized carbons (Fsp3) is 0.125. The Morgan fingerprint density at radius 3 is 2.31 bits per heavy atom. The van der Waals surface area contributed by atoms with E-state index in [1.807, 2.05) is 0 Å². The van der Waals surface area contributed by atoms with Crippen LogP contribution in [0.4, 0.5) is 4.48 Å². The maximum Gasteiger partial charge on any atom is 0.241 e. The van der Waals surface area contributed by atoms with Gasteiger partial charge in [-0.1, -0.05) is 30.3 Å². The van der Waals surface area contributed by atoms with Crippen molar-refractivity contribution < 1.29 is 9.28 Å². The molecule has 0 heterocycles. The van der Waals surface area contributed by atoms with Gasteiger partial charge in [0.1, 0.15) is 6.04 Å². The molecule has 3 nitrogen and oxygen atoms in total. The summed E-state index contributed by atoms with van der Waals surface area (Å²) in [6.45, 7) is 0. The summed E-state index contributed by atoms with van der Waals surface area (Å²) in [7, 11) is 0. The summed E-state index contributed by atoms with van der Waals surface area (Å²) in [5.74, 6) is -0.733. The molecule has 0 bridgehead atoms. The van der Waals surface area contributed by atoms with Gasteiger partial charge in [0.25, 0.3) is 0 Å². The molecule has 1 aromatic carbocycles. The topological polar surface area (TPSA) is 55.1 Å². The monoisotopic (exact) mass is 204 g/mol. The van der Waals surface area contributed by atoms with Gasteiger partial charge in [-0.05, 0) is 5.56 Å². The smallest absolute Gasteiger partial charge is 0.241 e. The minimum atomic E-state index is -1.05. The van der Waals surface area contributed by atoms with Gasteiger partial charge in [-0.15, -0.1) is 22.4 Å². The first-order valence-corrected chi connectivity index (χ1v) is 3.46. The van der Waals surface area contributed by atoms with Gasteiger partial charge in [0, 0.05) is 0 Å². The first kappa shape index (κ1) is 11.9. The largest absolute Gasteiger partial charge is 0.368 e. The zero-order chi connectivity index (χ0) is 8.97. The molecule has 0 aliphatic rings. The van der Waals surface area contributed by atoms with Crippen LogP contribution in [-0.4, -0.2) is 5.91 Å². The number of nitrogens with two attached hydrogens (primary N) is 1. The molecule has 0 spiro atoms. The Balaban J connectivity index is 0.00000144. The van der Waals surface area contributed by atoms with Gasteiger partial charge < -0.3 is 5.73 Å². The van der Waals surface area contributed by atoms with Crippen LogP contribution < -0.4 is 11.3 Å². The lowest BCUT2D eigenvalue weighted by Crippen LogP contribution is -2.28. The number of amides is 1. The fourth-order valence-electron chi connectivity index (χ4n) is 0.927. The maximum atomic E-state index is 12.0. The molecule has 0 aromatic heterocycles. The van der Waals surface area contributed by atoms with Crippen molar-refractivity contribution in [3.05, 3.63) is 35.9 Å². The van der Waals surface area contributed by atoms with Gasteiger partial charge >= 0.3 is 0 Å². The van der Waals surface area contributed by atoms with E-state index in [9.17, 15) is 9.28 Å². The lowest BCUT2D eigenvalue weighted by Gasteiger charge is -2.08. The van der Waals surface area contributed by atoms with E-state index in [0.29, 0.717) is 5.56 Å². The van der Waals surface area contributed by atoms with Crippen molar-refractivity contribution in [1.29, 1.82) is 0 Å². The van der Waals surface area contributed by atoms with Crippen molar-refractivity contribution in [2.24, 2.45) is 5.73 Å². The highest BCUT2D eigenvalue weighted by molar-refractivity contribution is 5.85. The number of hydrogen-bond acceptors (Lipinski definition) is 2. The van der Waals surface area contributed by atoms with Crippen LogP contribution >= 0.6 is 12.4 Å². The lowest BCUT2D eigenvalue weighted by molar-refractivity contribution is -0.121. The molecule has 0 saturated carbocycles. The second kappa shape index (κ2) is 5.50. The van der Waals surface area contributed by atoms with Crippen molar-refractivity contribution in [2.45, 2.75) is 6.04 Å². The van der Waals surface area contributed by atoms with E-state index in [-0.39, 0.29) is 12.4 Å². The summed E-state index contributed by atoms with van der Waals surface area (Å²) >= 11 is 0. The Morgan fingerprint density at radius 1 is 1.38 bits per heavy atom. The van der Waals surface area contributed by atoms with Crippen LogP contribution in [0.25, 0.3) is 0 Å². The number of hydrogen-bond donors (Lipinski definition) is 2. The molecule has 5 heteroatoms. The summed E-state index contributed by atoms with van der Waals surface area (Å²) in [6.07, 6.45) is 0. The Morgan fingerprint density at radius 2 is 1.92 bits per heavy atom. The van der Waals surface area contributed by atoms with Crippen LogP contribution in [0.3, 0.4) is 0 Å². The van der Waals surface area contributed by atoms with Crippen molar-refractivity contribution >= 4 is 18.3 Å². The lowest BCUT2D eigenvalue weighted by atomic mass is 10.1. The van der Waals surface area contributed by atoms with Crippen molar-refractivity contribution in [2.75, 3.05) is 0 Å². The van der Waals surface area contributed by atoms with E-state index in [1.165, 1.54) is 5.54 Å². The van der Waals surface area contributed by atoms with Crippen molar-refractivity contribution in [3.8, 4) is 0 Å². The Hall–Kier alpha value is -1.13. The average Bonchev–Trinajstić information content (AvgIpc) is 2.07. The van der Waals surface area contributed by atoms with Crippen molar-refractivity contribution in [3.63, 3.8) is 0 Å². The van der Waals surface area contributed by atoms with Crippen LogP contribution in [0.15, 0.2) is 30.3 Å². The molecule has 0 aliphatic carbocycles.